The minimum absolute atomic E-state index is 0.00463. The van der Waals surface area contributed by atoms with Gasteiger partial charge in [-0.3, -0.25) is 4.79 Å². The lowest BCUT2D eigenvalue weighted by molar-refractivity contribution is -0.163. The van der Waals surface area contributed by atoms with Crippen molar-refractivity contribution in [2.75, 3.05) is 13.2 Å². The second-order valence-electron chi connectivity index (χ2n) is 14.5. The van der Waals surface area contributed by atoms with Crippen LogP contribution in [0.1, 0.15) is 84.5 Å². The van der Waals surface area contributed by atoms with E-state index in [2.05, 4.69) is 26.0 Å². The van der Waals surface area contributed by atoms with E-state index in [-0.39, 0.29) is 24.5 Å². The molecule has 0 aromatic heterocycles. The van der Waals surface area contributed by atoms with Gasteiger partial charge in [-0.15, -0.1) is 0 Å². The number of hydrogen-bond donors (Lipinski definition) is 0. The van der Waals surface area contributed by atoms with Crippen LogP contribution in [-0.4, -0.2) is 25.2 Å². The number of rotatable bonds is 9. The van der Waals surface area contributed by atoms with E-state index < -0.39 is 0 Å². The van der Waals surface area contributed by atoms with Gasteiger partial charge in [0, 0.05) is 0 Å². The van der Waals surface area contributed by atoms with Crippen molar-refractivity contribution in [3.63, 3.8) is 0 Å². The SMILES string of the molecule is CC(C)C1(CCCCOC(=O)COC(=O)C2CC3CC2C2C4C=CC(C4)C32)C2CC3CC(C2)CC1C3. The van der Waals surface area contributed by atoms with Crippen LogP contribution >= 0.6 is 0 Å². The molecule has 8 aliphatic carbocycles. The maximum absolute atomic E-state index is 12.9. The standard InChI is InChI=1S/C32H46O4/c1-18(2)32(24-10-19-9-20(12-24)13-25(32)11-19)7-3-4-8-35-28(33)17-36-31(34)27-16-23-15-26(27)30-22-6-5-21(14-22)29(23)30/h5-6,18-27,29-30H,3-4,7-17H2,1-2H3. The topological polar surface area (TPSA) is 52.6 Å². The molecule has 7 unspecified atom stereocenters. The number of allylic oxidation sites excluding steroid dienone is 2. The lowest BCUT2D eigenvalue weighted by atomic mass is 9.42. The Labute approximate surface area is 217 Å². The molecule has 0 aromatic rings. The summed E-state index contributed by atoms with van der Waals surface area (Å²) in [6, 6.07) is 0. The zero-order chi connectivity index (χ0) is 24.6. The second-order valence-corrected chi connectivity index (χ2v) is 14.5. The van der Waals surface area contributed by atoms with Crippen LogP contribution in [0.2, 0.25) is 0 Å². The van der Waals surface area contributed by atoms with Crippen LogP contribution in [0.25, 0.3) is 0 Å². The van der Waals surface area contributed by atoms with Gasteiger partial charge in [0.1, 0.15) is 0 Å². The van der Waals surface area contributed by atoms with Crippen LogP contribution in [0.3, 0.4) is 0 Å². The van der Waals surface area contributed by atoms with Crippen LogP contribution in [-0.2, 0) is 19.1 Å². The summed E-state index contributed by atoms with van der Waals surface area (Å²) in [7, 11) is 0. The summed E-state index contributed by atoms with van der Waals surface area (Å²) >= 11 is 0. The largest absolute Gasteiger partial charge is 0.463 e. The third-order valence-corrected chi connectivity index (χ3v) is 12.9. The van der Waals surface area contributed by atoms with Crippen LogP contribution in [0.15, 0.2) is 12.2 Å². The van der Waals surface area contributed by atoms with E-state index in [1.807, 2.05) is 0 Å². The van der Waals surface area contributed by atoms with Gasteiger partial charge >= 0.3 is 11.9 Å². The molecular formula is C32H46O4. The van der Waals surface area contributed by atoms with Gasteiger partial charge < -0.3 is 9.47 Å². The quantitative estimate of drug-likeness (QED) is 0.160. The average molecular weight is 495 g/mol. The van der Waals surface area contributed by atoms with Crippen LogP contribution < -0.4 is 0 Å². The van der Waals surface area contributed by atoms with E-state index in [0.29, 0.717) is 35.7 Å². The first-order valence-corrected chi connectivity index (χ1v) is 15.4. The molecular weight excluding hydrogens is 448 g/mol. The fourth-order valence-electron chi connectivity index (χ4n) is 12.0. The zero-order valence-corrected chi connectivity index (χ0v) is 22.4. The summed E-state index contributed by atoms with van der Waals surface area (Å²) in [5.41, 5.74) is 0.515. The van der Waals surface area contributed by atoms with Crippen molar-refractivity contribution in [1.82, 2.24) is 0 Å². The minimum atomic E-state index is -0.375. The fourth-order valence-corrected chi connectivity index (χ4v) is 12.0. The highest BCUT2D eigenvalue weighted by Gasteiger charge is 2.62. The molecule has 4 heteroatoms. The molecule has 0 amide bonds. The van der Waals surface area contributed by atoms with E-state index in [0.717, 1.165) is 60.7 Å². The molecule has 0 aromatic carbocycles. The number of hydrogen-bond acceptors (Lipinski definition) is 4. The molecule has 7 atom stereocenters. The first-order chi connectivity index (χ1) is 17.4. The van der Waals surface area contributed by atoms with Crippen LogP contribution in [0, 0.1) is 76.4 Å². The maximum atomic E-state index is 12.9. The maximum Gasteiger partial charge on any atom is 0.344 e. The predicted octanol–water partition coefficient (Wildman–Crippen LogP) is 6.44. The number of carbonyl (C=O) groups is 2. The number of unbranched alkanes of at least 4 members (excludes halogenated alkanes) is 1. The van der Waals surface area contributed by atoms with Gasteiger partial charge in [0.25, 0.3) is 0 Å². The molecule has 8 rings (SSSR count). The van der Waals surface area contributed by atoms with Crippen molar-refractivity contribution >= 4 is 11.9 Å². The van der Waals surface area contributed by atoms with E-state index in [9.17, 15) is 9.59 Å². The summed E-state index contributed by atoms with van der Waals surface area (Å²) in [6.45, 7) is 5.16. The Morgan fingerprint density at radius 2 is 1.53 bits per heavy atom. The van der Waals surface area contributed by atoms with Crippen molar-refractivity contribution in [3.05, 3.63) is 12.2 Å². The molecule has 0 aliphatic heterocycles. The molecule has 7 fully saturated rings. The number of ether oxygens (including phenoxy) is 2. The fraction of sp³-hybridized carbons (Fsp3) is 0.875. The number of fused-ring (bicyclic) bond motifs is 9. The van der Waals surface area contributed by atoms with Crippen molar-refractivity contribution in [3.8, 4) is 0 Å². The highest BCUT2D eigenvalue weighted by atomic mass is 16.6. The molecule has 198 valence electrons. The zero-order valence-electron chi connectivity index (χ0n) is 22.4. The summed E-state index contributed by atoms with van der Waals surface area (Å²) in [5, 5.41) is 0. The summed E-state index contributed by atoms with van der Waals surface area (Å²) < 4.78 is 11.0. The molecule has 0 spiro atoms. The van der Waals surface area contributed by atoms with E-state index in [1.165, 1.54) is 51.4 Å². The smallest absolute Gasteiger partial charge is 0.344 e. The van der Waals surface area contributed by atoms with Crippen LogP contribution in [0.5, 0.6) is 0 Å². The predicted molar refractivity (Wildman–Crippen MR) is 138 cm³/mol. The Balaban J connectivity index is 0.841. The van der Waals surface area contributed by atoms with E-state index >= 15 is 0 Å². The van der Waals surface area contributed by atoms with Gasteiger partial charge in [0.2, 0.25) is 0 Å². The molecule has 8 aliphatic rings. The third kappa shape index (κ3) is 3.58. The monoisotopic (exact) mass is 494 g/mol. The van der Waals surface area contributed by atoms with Gasteiger partial charge in [-0.2, -0.15) is 0 Å². The molecule has 4 nitrogen and oxygen atoms in total. The highest BCUT2D eigenvalue weighted by molar-refractivity contribution is 5.78. The van der Waals surface area contributed by atoms with Crippen molar-refractivity contribution in [2.24, 2.45) is 76.4 Å². The molecule has 7 saturated carbocycles. The van der Waals surface area contributed by atoms with Gasteiger partial charge in [-0.25, -0.2) is 4.79 Å². The Hall–Kier alpha value is -1.32. The highest BCUT2D eigenvalue weighted by Crippen LogP contribution is 2.68. The Bertz CT molecular complexity index is 891. The molecule has 0 radical (unpaired) electrons. The Kier molecular flexibility index (Phi) is 5.86. The van der Waals surface area contributed by atoms with Crippen molar-refractivity contribution in [1.29, 1.82) is 0 Å². The Morgan fingerprint density at radius 1 is 0.833 bits per heavy atom. The number of esters is 2. The average Bonchev–Trinajstić information content (AvgIpc) is 3.63. The molecule has 36 heavy (non-hydrogen) atoms. The lowest BCUT2D eigenvalue weighted by Crippen LogP contribution is -2.55. The Morgan fingerprint density at radius 3 is 2.22 bits per heavy atom. The summed E-state index contributed by atoms with van der Waals surface area (Å²) in [4.78, 5) is 25.2. The van der Waals surface area contributed by atoms with E-state index in [1.54, 1.807) is 0 Å². The first kappa shape index (κ1) is 23.8. The molecule has 8 bridgehead atoms. The summed E-state index contributed by atoms with van der Waals surface area (Å²) in [6.07, 6.45) is 19.0. The lowest BCUT2D eigenvalue weighted by Gasteiger charge is -2.63. The second kappa shape index (κ2) is 8.87. The van der Waals surface area contributed by atoms with Gasteiger partial charge in [-0.1, -0.05) is 26.0 Å². The third-order valence-electron chi connectivity index (χ3n) is 12.9. The van der Waals surface area contributed by atoms with Gasteiger partial charge in [-0.05, 0) is 141 Å². The normalized spacial score (nSPS) is 48.7. The van der Waals surface area contributed by atoms with E-state index in [4.69, 9.17) is 9.47 Å². The molecule has 0 saturated heterocycles. The first-order valence-electron chi connectivity index (χ1n) is 15.4. The number of carbonyl (C=O) groups excluding carboxylic acids is 2. The van der Waals surface area contributed by atoms with Gasteiger partial charge in [0.05, 0.1) is 12.5 Å². The van der Waals surface area contributed by atoms with Crippen molar-refractivity contribution < 1.29 is 19.1 Å². The van der Waals surface area contributed by atoms with Crippen molar-refractivity contribution in [2.45, 2.75) is 84.5 Å². The van der Waals surface area contributed by atoms with Gasteiger partial charge in [0.15, 0.2) is 6.61 Å². The molecule has 0 N–H and O–H groups in total. The molecule has 0 heterocycles. The summed E-state index contributed by atoms with van der Waals surface area (Å²) in [5.74, 6) is 8.20. The minimum Gasteiger partial charge on any atom is -0.463 e. The van der Waals surface area contributed by atoms with Crippen LogP contribution in [0.4, 0.5) is 0 Å².